The third-order valence-electron chi connectivity index (χ3n) is 2.11. The number of amides is 1. The van der Waals surface area contributed by atoms with Gasteiger partial charge in [-0.2, -0.15) is 0 Å². The van der Waals surface area contributed by atoms with Gasteiger partial charge >= 0.3 is 5.97 Å². The third-order valence-corrected chi connectivity index (χ3v) is 3.19. The number of nitrogens with one attached hydrogen (secondary N) is 1. The summed E-state index contributed by atoms with van der Waals surface area (Å²) in [7, 11) is -2.58. The molecule has 0 fully saturated rings. The van der Waals surface area contributed by atoms with E-state index < -0.39 is 34.3 Å². The first-order chi connectivity index (χ1) is 9.34. The molecule has 1 rings (SSSR count). The minimum atomic E-state index is -3.81. The van der Waals surface area contributed by atoms with Crippen LogP contribution in [-0.4, -0.2) is 34.0 Å². The topological polar surface area (TPSA) is 125 Å². The molecule has 1 aromatic rings. The van der Waals surface area contributed by atoms with Gasteiger partial charge in [0.2, 0.25) is 15.9 Å². The van der Waals surface area contributed by atoms with E-state index in [1.54, 1.807) is 4.89 Å². The Balaban J connectivity index is 2.72. The normalized spacial score (nSPS) is 11.1. The molecule has 0 aliphatic carbocycles. The highest BCUT2D eigenvalue weighted by molar-refractivity contribution is 7.88. The van der Waals surface area contributed by atoms with E-state index in [0.717, 1.165) is 0 Å². The quantitative estimate of drug-likeness (QED) is 0.507. The Kier molecular flexibility index (Phi) is 5.62. The molecule has 0 saturated carbocycles. The number of esters is 1. The number of carbonyl (C=O) groups is 2. The second-order valence-corrected chi connectivity index (χ2v) is 5.47. The van der Waals surface area contributed by atoms with Crippen LogP contribution in [0.15, 0.2) is 24.3 Å². The van der Waals surface area contributed by atoms with Gasteiger partial charge in [0.1, 0.15) is 6.61 Å². The average molecular weight is 302 g/mol. The highest BCUT2D eigenvalue weighted by Crippen LogP contribution is 2.09. The van der Waals surface area contributed by atoms with Crippen molar-refractivity contribution in [1.82, 2.24) is 4.89 Å². The number of sulfonamides is 1. The molecule has 0 aromatic heterocycles. The number of benzene rings is 1. The van der Waals surface area contributed by atoms with E-state index in [1.807, 2.05) is 0 Å². The van der Waals surface area contributed by atoms with Crippen LogP contribution in [0.4, 0.5) is 0 Å². The number of hydrogen-bond donors (Lipinski definition) is 2. The van der Waals surface area contributed by atoms with Gasteiger partial charge in [-0.05, 0) is 17.7 Å². The number of nitrogens with two attached hydrogens (primary N) is 1. The molecule has 0 aliphatic heterocycles. The molecule has 8 nitrogen and oxygen atoms in total. The smallest absolute Gasteiger partial charge is 0.337 e. The third kappa shape index (κ3) is 5.34. The van der Waals surface area contributed by atoms with Crippen LogP contribution >= 0.6 is 0 Å². The number of primary amides is 1. The Morgan fingerprint density at radius 1 is 1.35 bits per heavy atom. The minimum Gasteiger partial charge on any atom is -0.465 e. The van der Waals surface area contributed by atoms with Gasteiger partial charge in [0, 0.05) is 0 Å². The lowest BCUT2D eigenvalue weighted by molar-refractivity contribution is -0.123. The minimum absolute atomic E-state index is 0.234. The Labute approximate surface area is 115 Å². The lowest BCUT2D eigenvalue weighted by Crippen LogP contribution is -2.30. The van der Waals surface area contributed by atoms with Crippen LogP contribution in [0.2, 0.25) is 0 Å². The number of ether oxygens (including phenoxy) is 1. The number of carbonyl (C=O) groups excluding carboxylic acids is 2. The molecule has 0 saturated heterocycles. The van der Waals surface area contributed by atoms with Crippen LogP contribution in [-0.2, 0) is 30.1 Å². The molecular weight excluding hydrogens is 288 g/mol. The molecule has 20 heavy (non-hydrogen) atoms. The zero-order chi connectivity index (χ0) is 15.2. The van der Waals surface area contributed by atoms with Crippen molar-refractivity contribution in [2.75, 3.05) is 13.7 Å². The average Bonchev–Trinajstić information content (AvgIpc) is 2.36. The van der Waals surface area contributed by atoms with Crippen LogP contribution in [0.25, 0.3) is 0 Å². The van der Waals surface area contributed by atoms with E-state index in [2.05, 4.69) is 9.57 Å². The zero-order valence-electron chi connectivity index (χ0n) is 10.7. The standard InChI is InChI=1S/C11H14N2O6S/c1-18-11(15)9-4-2-3-8(5-9)7-20(16,17)13-19-6-10(12)14/h2-5,13H,6-7H2,1H3,(H2,12,14). The first-order valence-electron chi connectivity index (χ1n) is 5.41. The number of hydrogen-bond acceptors (Lipinski definition) is 6. The fraction of sp³-hybridized carbons (Fsp3) is 0.273. The van der Waals surface area contributed by atoms with E-state index in [1.165, 1.54) is 31.4 Å². The van der Waals surface area contributed by atoms with E-state index in [9.17, 15) is 18.0 Å². The van der Waals surface area contributed by atoms with Gasteiger partial charge in [0.25, 0.3) is 0 Å². The maximum Gasteiger partial charge on any atom is 0.337 e. The maximum absolute atomic E-state index is 11.6. The summed E-state index contributed by atoms with van der Waals surface area (Å²) in [5.41, 5.74) is 5.39. The lowest BCUT2D eigenvalue weighted by Gasteiger charge is -2.07. The van der Waals surface area contributed by atoms with Crippen molar-refractivity contribution in [2.24, 2.45) is 5.73 Å². The van der Waals surface area contributed by atoms with Crippen molar-refractivity contribution >= 4 is 21.9 Å². The van der Waals surface area contributed by atoms with Gasteiger partial charge in [-0.3, -0.25) is 9.63 Å². The second-order valence-electron chi connectivity index (χ2n) is 3.79. The van der Waals surface area contributed by atoms with E-state index in [0.29, 0.717) is 5.56 Å². The second kappa shape index (κ2) is 6.98. The molecule has 0 atom stereocenters. The van der Waals surface area contributed by atoms with Crippen LogP contribution in [0.5, 0.6) is 0 Å². The van der Waals surface area contributed by atoms with E-state index in [-0.39, 0.29) is 5.56 Å². The summed E-state index contributed by atoms with van der Waals surface area (Å²) in [4.78, 5) is 27.9. The van der Waals surface area contributed by atoms with Gasteiger partial charge in [0.15, 0.2) is 0 Å². The van der Waals surface area contributed by atoms with E-state index >= 15 is 0 Å². The number of rotatable bonds is 7. The molecular formula is C11H14N2O6S. The molecule has 1 aromatic carbocycles. The summed E-state index contributed by atoms with van der Waals surface area (Å²) >= 11 is 0. The van der Waals surface area contributed by atoms with Crippen LogP contribution in [0.1, 0.15) is 15.9 Å². The Bertz CT molecular complexity index is 599. The molecule has 0 radical (unpaired) electrons. The molecule has 0 aliphatic rings. The first-order valence-corrected chi connectivity index (χ1v) is 7.06. The van der Waals surface area contributed by atoms with E-state index in [4.69, 9.17) is 5.73 Å². The molecule has 3 N–H and O–H groups in total. The molecule has 1 amide bonds. The van der Waals surface area contributed by atoms with Crippen molar-refractivity contribution in [3.63, 3.8) is 0 Å². The highest BCUT2D eigenvalue weighted by atomic mass is 32.2. The first kappa shape index (κ1) is 16.1. The largest absolute Gasteiger partial charge is 0.465 e. The lowest BCUT2D eigenvalue weighted by atomic mass is 10.1. The molecule has 0 heterocycles. The van der Waals surface area contributed by atoms with Crippen LogP contribution in [0.3, 0.4) is 0 Å². The van der Waals surface area contributed by atoms with Crippen LogP contribution < -0.4 is 10.6 Å². The van der Waals surface area contributed by atoms with Gasteiger partial charge < -0.3 is 10.5 Å². The predicted octanol–water partition coefficient (Wildman–Crippen LogP) is -0.690. The Morgan fingerprint density at radius 3 is 2.65 bits per heavy atom. The molecule has 9 heteroatoms. The van der Waals surface area contributed by atoms with Crippen molar-refractivity contribution in [2.45, 2.75) is 5.75 Å². The highest BCUT2D eigenvalue weighted by Gasteiger charge is 2.14. The summed E-state index contributed by atoms with van der Waals surface area (Å²) in [6.45, 7) is -0.568. The van der Waals surface area contributed by atoms with Crippen molar-refractivity contribution < 1.29 is 27.6 Å². The fourth-order valence-corrected chi connectivity index (χ4v) is 2.26. The zero-order valence-corrected chi connectivity index (χ0v) is 11.5. The van der Waals surface area contributed by atoms with Crippen molar-refractivity contribution in [3.05, 3.63) is 35.4 Å². The molecule has 0 spiro atoms. The Morgan fingerprint density at radius 2 is 2.05 bits per heavy atom. The van der Waals surface area contributed by atoms with Gasteiger partial charge in [0.05, 0.1) is 18.4 Å². The fourth-order valence-electron chi connectivity index (χ4n) is 1.35. The van der Waals surface area contributed by atoms with Gasteiger partial charge in [-0.15, -0.1) is 0 Å². The predicted molar refractivity (Wildman–Crippen MR) is 68.7 cm³/mol. The van der Waals surface area contributed by atoms with Crippen LogP contribution in [0, 0.1) is 0 Å². The molecule has 0 bridgehead atoms. The molecule has 0 unspecified atom stereocenters. The summed E-state index contributed by atoms with van der Waals surface area (Å²) in [5.74, 6) is -1.79. The van der Waals surface area contributed by atoms with Crippen molar-refractivity contribution in [3.8, 4) is 0 Å². The Hall–Kier alpha value is -1.97. The summed E-state index contributed by atoms with van der Waals surface area (Å²) in [6.07, 6.45) is 0. The maximum atomic E-state index is 11.6. The number of methoxy groups -OCH3 is 1. The van der Waals surface area contributed by atoms with Crippen molar-refractivity contribution in [1.29, 1.82) is 0 Å². The SMILES string of the molecule is COC(=O)c1cccc(CS(=O)(=O)NOCC(N)=O)c1. The summed E-state index contributed by atoms with van der Waals surface area (Å²) in [6, 6.07) is 5.94. The molecule has 110 valence electrons. The summed E-state index contributed by atoms with van der Waals surface area (Å²) in [5, 5.41) is 0. The summed E-state index contributed by atoms with van der Waals surface area (Å²) < 4.78 is 27.8. The monoisotopic (exact) mass is 302 g/mol. The van der Waals surface area contributed by atoms with Gasteiger partial charge in [-0.25, -0.2) is 13.2 Å². The van der Waals surface area contributed by atoms with Gasteiger partial charge in [-0.1, -0.05) is 17.0 Å².